The number of ether oxygens (including phenoxy) is 1. The zero-order chi connectivity index (χ0) is 21.5. The Morgan fingerprint density at radius 1 is 1.07 bits per heavy atom. The number of halogens is 3. The lowest BCUT2D eigenvalue weighted by molar-refractivity contribution is -0.191. The second-order valence-corrected chi connectivity index (χ2v) is 8.44. The van der Waals surface area contributed by atoms with Gasteiger partial charge in [-0.15, -0.1) is 0 Å². The average Bonchev–Trinajstić information content (AvgIpc) is 2.89. The SMILES string of the molecule is CCCCCCCCCOc1ccc([C@H](N2CC(C)(C)C(=O)N2)C(F)(F)F)cc1. The van der Waals surface area contributed by atoms with Gasteiger partial charge >= 0.3 is 6.18 Å². The van der Waals surface area contributed by atoms with E-state index >= 15 is 0 Å². The van der Waals surface area contributed by atoms with Crippen LogP contribution in [0.5, 0.6) is 5.75 Å². The number of hydrazine groups is 1. The van der Waals surface area contributed by atoms with E-state index < -0.39 is 23.5 Å². The van der Waals surface area contributed by atoms with Crippen LogP contribution in [0.1, 0.15) is 77.3 Å². The highest BCUT2D eigenvalue weighted by Crippen LogP contribution is 2.40. The predicted molar refractivity (Wildman–Crippen MR) is 107 cm³/mol. The summed E-state index contributed by atoms with van der Waals surface area (Å²) in [6.45, 7) is 6.02. The molecule has 0 aliphatic carbocycles. The number of carbonyl (C=O) groups excluding carboxylic acids is 1. The largest absolute Gasteiger partial charge is 0.494 e. The summed E-state index contributed by atoms with van der Waals surface area (Å²) in [6, 6.07) is 4.10. The van der Waals surface area contributed by atoms with E-state index in [0.717, 1.165) is 17.9 Å². The molecule has 0 radical (unpaired) electrons. The maximum absolute atomic E-state index is 13.7. The predicted octanol–water partition coefficient (Wildman–Crippen LogP) is 5.79. The second-order valence-electron chi connectivity index (χ2n) is 8.44. The summed E-state index contributed by atoms with van der Waals surface area (Å²) in [7, 11) is 0. The molecule has 29 heavy (non-hydrogen) atoms. The van der Waals surface area contributed by atoms with Crippen LogP contribution in [-0.4, -0.2) is 30.2 Å². The third-order valence-corrected chi connectivity index (χ3v) is 5.26. The number of carbonyl (C=O) groups is 1. The molecule has 1 atom stereocenters. The molecule has 1 saturated heterocycles. The average molecular weight is 415 g/mol. The molecule has 4 nitrogen and oxygen atoms in total. The molecule has 0 saturated carbocycles. The van der Waals surface area contributed by atoms with Crippen molar-refractivity contribution in [3.05, 3.63) is 29.8 Å². The summed E-state index contributed by atoms with van der Waals surface area (Å²) < 4.78 is 46.8. The number of amides is 1. The minimum atomic E-state index is -4.51. The van der Waals surface area contributed by atoms with Crippen molar-refractivity contribution in [1.82, 2.24) is 10.4 Å². The molecule has 1 aliphatic heterocycles. The smallest absolute Gasteiger partial charge is 0.409 e. The van der Waals surface area contributed by atoms with Gasteiger partial charge in [0.05, 0.1) is 12.0 Å². The Labute approximate surface area is 171 Å². The van der Waals surface area contributed by atoms with Gasteiger partial charge in [0, 0.05) is 6.54 Å². The minimum Gasteiger partial charge on any atom is -0.494 e. The van der Waals surface area contributed by atoms with Crippen LogP contribution in [-0.2, 0) is 4.79 Å². The maximum atomic E-state index is 13.7. The lowest BCUT2D eigenvalue weighted by atomic mass is 9.93. The number of alkyl halides is 3. The molecule has 1 N–H and O–H groups in total. The lowest BCUT2D eigenvalue weighted by Gasteiger charge is -2.29. The summed E-state index contributed by atoms with van der Waals surface area (Å²) >= 11 is 0. The fourth-order valence-electron chi connectivity index (χ4n) is 3.52. The number of nitrogens with zero attached hydrogens (tertiary/aromatic N) is 1. The number of unbranched alkanes of at least 4 members (excludes halogenated alkanes) is 6. The fraction of sp³-hybridized carbons (Fsp3) is 0.682. The van der Waals surface area contributed by atoms with Crippen LogP contribution in [0, 0.1) is 5.41 Å². The van der Waals surface area contributed by atoms with Crippen molar-refractivity contribution >= 4 is 5.91 Å². The summed E-state index contributed by atoms with van der Waals surface area (Å²) in [5, 5.41) is 0.983. The van der Waals surface area contributed by atoms with Gasteiger partial charge < -0.3 is 4.74 Å². The summed E-state index contributed by atoms with van der Waals surface area (Å²) in [5.74, 6) is 0.160. The molecule has 164 valence electrons. The standard InChI is InChI=1S/C22H33F3N2O2/c1-4-5-6-7-8-9-10-15-29-18-13-11-17(12-14-18)19(22(23,24)25)27-16-21(2,3)20(28)26-27/h11-14,19H,4-10,15-16H2,1-3H3,(H,26,28)/t19-/m0/s1. The van der Waals surface area contributed by atoms with Crippen molar-refractivity contribution < 1.29 is 22.7 Å². The zero-order valence-corrected chi connectivity index (χ0v) is 17.6. The van der Waals surface area contributed by atoms with Crippen LogP contribution in [0.4, 0.5) is 13.2 Å². The highest BCUT2D eigenvalue weighted by atomic mass is 19.4. The van der Waals surface area contributed by atoms with E-state index in [1.807, 2.05) is 0 Å². The zero-order valence-electron chi connectivity index (χ0n) is 17.6. The van der Waals surface area contributed by atoms with Crippen LogP contribution in [0.2, 0.25) is 0 Å². The van der Waals surface area contributed by atoms with Gasteiger partial charge in [0.25, 0.3) is 0 Å². The fourth-order valence-corrected chi connectivity index (χ4v) is 3.52. The first-order chi connectivity index (χ1) is 13.6. The molecule has 2 rings (SSSR count). The van der Waals surface area contributed by atoms with E-state index in [9.17, 15) is 18.0 Å². The first-order valence-corrected chi connectivity index (χ1v) is 10.5. The highest BCUT2D eigenvalue weighted by molar-refractivity contribution is 5.83. The van der Waals surface area contributed by atoms with E-state index in [-0.39, 0.29) is 12.1 Å². The molecular formula is C22H33F3N2O2. The van der Waals surface area contributed by atoms with Crippen molar-refractivity contribution in [3.63, 3.8) is 0 Å². The van der Waals surface area contributed by atoms with E-state index in [1.54, 1.807) is 26.0 Å². The maximum Gasteiger partial charge on any atom is 0.409 e. The Hall–Kier alpha value is -1.76. The third-order valence-electron chi connectivity index (χ3n) is 5.26. The summed E-state index contributed by atoms with van der Waals surface area (Å²) in [5.41, 5.74) is 1.60. The Morgan fingerprint density at radius 2 is 1.66 bits per heavy atom. The molecule has 0 aromatic heterocycles. The van der Waals surface area contributed by atoms with Gasteiger partial charge in [-0.1, -0.05) is 57.6 Å². The monoisotopic (exact) mass is 414 g/mol. The number of hydrogen-bond donors (Lipinski definition) is 1. The van der Waals surface area contributed by atoms with Gasteiger partial charge in [0.2, 0.25) is 5.91 Å². The number of rotatable bonds is 11. The molecule has 0 bridgehead atoms. The normalized spacial score (nSPS) is 17.9. The van der Waals surface area contributed by atoms with E-state index in [1.165, 1.54) is 44.2 Å². The number of benzene rings is 1. The third kappa shape index (κ3) is 6.91. The number of nitrogens with one attached hydrogen (secondary N) is 1. The van der Waals surface area contributed by atoms with Crippen molar-refractivity contribution in [3.8, 4) is 5.75 Å². The highest BCUT2D eigenvalue weighted by Gasteiger charge is 2.51. The van der Waals surface area contributed by atoms with Gasteiger partial charge in [-0.3, -0.25) is 10.2 Å². The van der Waals surface area contributed by atoms with Crippen molar-refractivity contribution in [1.29, 1.82) is 0 Å². The molecule has 1 heterocycles. The van der Waals surface area contributed by atoms with Crippen LogP contribution in [0.3, 0.4) is 0 Å². The molecule has 0 spiro atoms. The van der Waals surface area contributed by atoms with Gasteiger partial charge in [-0.2, -0.15) is 13.2 Å². The van der Waals surface area contributed by atoms with Crippen molar-refractivity contribution in [2.75, 3.05) is 13.2 Å². The quantitative estimate of drug-likeness (QED) is 0.466. The van der Waals surface area contributed by atoms with Gasteiger partial charge in [-0.05, 0) is 38.0 Å². The molecule has 7 heteroatoms. The van der Waals surface area contributed by atoms with Gasteiger partial charge in [0.1, 0.15) is 11.8 Å². The van der Waals surface area contributed by atoms with Crippen LogP contribution in [0.25, 0.3) is 0 Å². The Kier molecular flexibility index (Phi) is 8.37. The molecule has 1 aromatic rings. The van der Waals surface area contributed by atoms with E-state index in [2.05, 4.69) is 12.3 Å². The molecule has 1 aliphatic rings. The lowest BCUT2D eigenvalue weighted by Crippen LogP contribution is -2.43. The molecule has 1 aromatic carbocycles. The molecule has 1 fully saturated rings. The van der Waals surface area contributed by atoms with Gasteiger partial charge in [-0.25, -0.2) is 5.01 Å². The number of hydrogen-bond acceptors (Lipinski definition) is 3. The first-order valence-electron chi connectivity index (χ1n) is 10.5. The Bertz CT molecular complexity index is 644. The van der Waals surface area contributed by atoms with Crippen LogP contribution in [0.15, 0.2) is 24.3 Å². The Morgan fingerprint density at radius 3 is 2.17 bits per heavy atom. The van der Waals surface area contributed by atoms with E-state index in [0.29, 0.717) is 12.4 Å². The summed E-state index contributed by atoms with van der Waals surface area (Å²) in [6.07, 6.45) is 3.74. The minimum absolute atomic E-state index is 0.00742. The summed E-state index contributed by atoms with van der Waals surface area (Å²) in [4.78, 5) is 11.9. The van der Waals surface area contributed by atoms with Gasteiger partial charge in [0.15, 0.2) is 0 Å². The van der Waals surface area contributed by atoms with E-state index in [4.69, 9.17) is 4.74 Å². The van der Waals surface area contributed by atoms with Crippen LogP contribution < -0.4 is 10.2 Å². The molecule has 0 unspecified atom stereocenters. The first kappa shape index (κ1) is 23.5. The van der Waals surface area contributed by atoms with Crippen molar-refractivity contribution in [2.45, 2.75) is 77.9 Å². The van der Waals surface area contributed by atoms with Crippen molar-refractivity contribution in [2.24, 2.45) is 5.41 Å². The molecular weight excluding hydrogens is 381 g/mol. The van der Waals surface area contributed by atoms with Crippen LogP contribution >= 0.6 is 0 Å². The topological polar surface area (TPSA) is 41.6 Å². The Balaban J connectivity index is 1.89. The molecule has 1 amide bonds. The second kappa shape index (κ2) is 10.3.